The number of hydrogen-bond acceptors (Lipinski definition) is 7. The second-order valence-electron chi connectivity index (χ2n) is 8.79. The average molecular weight is 584 g/mol. The summed E-state index contributed by atoms with van der Waals surface area (Å²) in [6.45, 7) is 0. The molecule has 0 unspecified atom stereocenters. The first-order valence-corrected chi connectivity index (χ1v) is 14.0. The summed E-state index contributed by atoms with van der Waals surface area (Å²) in [5.74, 6) is -3.56. The number of aromatic nitrogens is 1. The van der Waals surface area contributed by atoms with Crippen molar-refractivity contribution in [3.63, 3.8) is 0 Å². The van der Waals surface area contributed by atoms with Gasteiger partial charge in [0, 0.05) is 21.5 Å². The molecule has 0 saturated carbocycles. The van der Waals surface area contributed by atoms with Gasteiger partial charge in [-0.1, -0.05) is 42.5 Å². The van der Waals surface area contributed by atoms with Crippen LogP contribution in [0.3, 0.4) is 0 Å². The van der Waals surface area contributed by atoms with Crippen LogP contribution in [0, 0.1) is 0 Å². The van der Waals surface area contributed by atoms with Crippen LogP contribution in [0.25, 0.3) is 22.0 Å². The minimum absolute atomic E-state index is 0.0993. The predicted molar refractivity (Wildman–Crippen MR) is 159 cm³/mol. The molecule has 0 aliphatic carbocycles. The van der Waals surface area contributed by atoms with Crippen LogP contribution in [0.1, 0.15) is 31.1 Å². The zero-order valence-electron chi connectivity index (χ0n) is 21.2. The zero-order valence-corrected chi connectivity index (χ0v) is 22.8. The number of aromatic carboxylic acids is 2. The predicted octanol–water partition coefficient (Wildman–Crippen LogP) is 6.34. The molecule has 1 aromatic heterocycles. The SMILES string of the molecule is O=C(CSc1cccc(NC(=O)c2ccc(C(=O)O)cc2C(=O)O)c1)Nc1nc(-c2ccc3ccccc3c2)cs1. The van der Waals surface area contributed by atoms with E-state index in [9.17, 15) is 24.3 Å². The Labute approximate surface area is 241 Å². The van der Waals surface area contributed by atoms with Crippen molar-refractivity contribution in [1.29, 1.82) is 0 Å². The molecule has 0 bridgehead atoms. The van der Waals surface area contributed by atoms with E-state index in [1.165, 1.54) is 29.2 Å². The monoisotopic (exact) mass is 583 g/mol. The fourth-order valence-electron chi connectivity index (χ4n) is 4.03. The number of carbonyl (C=O) groups is 4. The molecule has 41 heavy (non-hydrogen) atoms. The second-order valence-corrected chi connectivity index (χ2v) is 10.7. The first-order valence-electron chi connectivity index (χ1n) is 12.2. The topological polar surface area (TPSA) is 146 Å². The van der Waals surface area contributed by atoms with E-state index in [1.54, 1.807) is 24.3 Å². The van der Waals surface area contributed by atoms with Gasteiger partial charge in [-0.2, -0.15) is 0 Å². The summed E-state index contributed by atoms with van der Waals surface area (Å²) >= 11 is 2.60. The Morgan fingerprint density at radius 1 is 0.780 bits per heavy atom. The van der Waals surface area contributed by atoms with Crippen molar-refractivity contribution in [3.8, 4) is 11.3 Å². The summed E-state index contributed by atoms with van der Waals surface area (Å²) < 4.78 is 0. The lowest BCUT2D eigenvalue weighted by molar-refractivity contribution is -0.113. The summed E-state index contributed by atoms with van der Waals surface area (Å²) in [7, 11) is 0. The van der Waals surface area contributed by atoms with Crippen molar-refractivity contribution < 1.29 is 29.4 Å². The van der Waals surface area contributed by atoms with Gasteiger partial charge in [-0.3, -0.25) is 9.59 Å². The van der Waals surface area contributed by atoms with Crippen molar-refractivity contribution in [2.24, 2.45) is 0 Å². The zero-order chi connectivity index (χ0) is 28.9. The molecule has 2 amide bonds. The van der Waals surface area contributed by atoms with E-state index in [1.807, 2.05) is 41.8 Å². The number of nitrogens with one attached hydrogen (secondary N) is 2. The molecular weight excluding hydrogens is 562 g/mol. The molecule has 0 aliphatic heterocycles. The van der Waals surface area contributed by atoms with Crippen LogP contribution in [0.4, 0.5) is 10.8 Å². The van der Waals surface area contributed by atoms with E-state index in [2.05, 4.69) is 21.7 Å². The summed E-state index contributed by atoms with van der Waals surface area (Å²) in [5, 5.41) is 28.6. The van der Waals surface area contributed by atoms with Crippen molar-refractivity contribution in [2.75, 3.05) is 16.4 Å². The van der Waals surface area contributed by atoms with Gasteiger partial charge in [0.1, 0.15) is 0 Å². The Kier molecular flexibility index (Phi) is 8.09. The standard InChI is InChI=1S/C30H21N3O6S2/c34-26(33-30-32-25(15-41-30)19-9-8-17-4-1-2-5-18(17)12-19)16-40-22-7-3-6-21(14-22)31-27(35)23-11-10-20(28(36)37)13-24(23)29(38)39/h1-15H,16H2,(H,31,35)(H,36,37)(H,38,39)(H,32,33,34). The highest BCUT2D eigenvalue weighted by Gasteiger charge is 2.19. The first-order chi connectivity index (χ1) is 19.8. The van der Waals surface area contributed by atoms with Crippen LogP contribution >= 0.6 is 23.1 Å². The number of hydrogen-bond donors (Lipinski definition) is 4. The lowest BCUT2D eigenvalue weighted by Crippen LogP contribution is -2.17. The van der Waals surface area contributed by atoms with Gasteiger partial charge in [0.2, 0.25) is 5.91 Å². The minimum Gasteiger partial charge on any atom is -0.478 e. The summed E-state index contributed by atoms with van der Waals surface area (Å²) in [4.78, 5) is 53.4. The van der Waals surface area contributed by atoms with Crippen LogP contribution in [-0.4, -0.2) is 44.7 Å². The normalized spacial score (nSPS) is 10.7. The molecule has 5 aromatic rings. The fraction of sp³-hybridized carbons (Fsp3) is 0.0333. The molecule has 0 saturated heterocycles. The molecule has 0 spiro atoms. The number of anilines is 2. The molecular formula is C30H21N3O6S2. The summed E-state index contributed by atoms with van der Waals surface area (Å²) in [6.07, 6.45) is 0. The van der Waals surface area contributed by atoms with Gasteiger partial charge in [0.25, 0.3) is 5.91 Å². The third-order valence-electron chi connectivity index (χ3n) is 6.00. The number of nitrogens with zero attached hydrogens (tertiary/aromatic N) is 1. The first kappa shape index (κ1) is 27.6. The average Bonchev–Trinajstić information content (AvgIpc) is 3.44. The Hall–Kier alpha value is -5.00. The van der Waals surface area contributed by atoms with Gasteiger partial charge in [0.15, 0.2) is 5.13 Å². The Bertz CT molecular complexity index is 1820. The number of thiazole rings is 1. The van der Waals surface area contributed by atoms with Crippen LogP contribution < -0.4 is 10.6 Å². The lowest BCUT2D eigenvalue weighted by atomic mass is 10.0. The number of rotatable bonds is 9. The summed E-state index contributed by atoms with van der Waals surface area (Å²) in [6, 6.07) is 24.2. The summed E-state index contributed by atoms with van der Waals surface area (Å²) in [5.41, 5.74) is 1.29. The smallest absolute Gasteiger partial charge is 0.336 e. The van der Waals surface area contributed by atoms with Gasteiger partial charge in [-0.15, -0.1) is 23.1 Å². The molecule has 0 aliphatic rings. The molecule has 0 fully saturated rings. The Morgan fingerprint density at radius 3 is 2.37 bits per heavy atom. The molecule has 5 rings (SSSR count). The van der Waals surface area contributed by atoms with Crippen LogP contribution in [-0.2, 0) is 4.79 Å². The van der Waals surface area contributed by atoms with Gasteiger partial charge < -0.3 is 20.8 Å². The third kappa shape index (κ3) is 6.60. The number of carbonyl (C=O) groups excluding carboxylic acids is 2. The van der Waals surface area contributed by atoms with Gasteiger partial charge in [-0.25, -0.2) is 14.6 Å². The van der Waals surface area contributed by atoms with E-state index < -0.39 is 23.4 Å². The molecule has 4 aromatic carbocycles. The molecule has 1 heterocycles. The highest BCUT2D eigenvalue weighted by atomic mass is 32.2. The number of thioether (sulfide) groups is 1. The van der Waals surface area contributed by atoms with E-state index in [4.69, 9.17) is 5.11 Å². The van der Waals surface area contributed by atoms with Crippen molar-refractivity contribution in [1.82, 2.24) is 4.98 Å². The lowest BCUT2D eigenvalue weighted by Gasteiger charge is -2.10. The Balaban J connectivity index is 1.19. The van der Waals surface area contributed by atoms with Crippen LogP contribution in [0.15, 0.2) is 95.2 Å². The van der Waals surface area contributed by atoms with E-state index in [0.29, 0.717) is 15.7 Å². The van der Waals surface area contributed by atoms with Crippen molar-refractivity contribution >= 4 is 68.4 Å². The number of fused-ring (bicyclic) bond motifs is 1. The molecule has 0 radical (unpaired) electrons. The van der Waals surface area contributed by atoms with Crippen LogP contribution in [0.5, 0.6) is 0 Å². The van der Waals surface area contributed by atoms with E-state index in [0.717, 1.165) is 34.2 Å². The van der Waals surface area contributed by atoms with Gasteiger partial charge in [-0.05, 0) is 53.2 Å². The number of amides is 2. The number of carboxylic acid groups (broad SMARTS) is 2. The van der Waals surface area contributed by atoms with Crippen molar-refractivity contribution in [3.05, 3.63) is 107 Å². The largest absolute Gasteiger partial charge is 0.478 e. The maximum atomic E-state index is 12.8. The van der Waals surface area contributed by atoms with E-state index >= 15 is 0 Å². The minimum atomic E-state index is -1.42. The highest BCUT2D eigenvalue weighted by Crippen LogP contribution is 2.28. The van der Waals surface area contributed by atoms with E-state index in [-0.39, 0.29) is 22.8 Å². The molecule has 0 atom stereocenters. The van der Waals surface area contributed by atoms with Gasteiger partial charge in [0.05, 0.1) is 28.1 Å². The molecule has 204 valence electrons. The number of benzene rings is 4. The maximum Gasteiger partial charge on any atom is 0.336 e. The fourth-order valence-corrected chi connectivity index (χ4v) is 5.52. The molecule has 9 nitrogen and oxygen atoms in total. The Morgan fingerprint density at radius 2 is 1.59 bits per heavy atom. The second kappa shape index (κ2) is 12.0. The maximum absolute atomic E-state index is 12.8. The molecule has 11 heteroatoms. The van der Waals surface area contributed by atoms with Crippen molar-refractivity contribution in [2.45, 2.75) is 4.90 Å². The molecule has 4 N–H and O–H groups in total. The van der Waals surface area contributed by atoms with Gasteiger partial charge >= 0.3 is 11.9 Å². The quantitative estimate of drug-likeness (QED) is 0.147. The van der Waals surface area contributed by atoms with Crippen LogP contribution in [0.2, 0.25) is 0 Å². The number of carboxylic acids is 2. The highest BCUT2D eigenvalue weighted by molar-refractivity contribution is 8.00. The third-order valence-corrected chi connectivity index (χ3v) is 7.75.